The van der Waals surface area contributed by atoms with E-state index in [9.17, 15) is 0 Å². The molecule has 2 aromatic rings. The van der Waals surface area contributed by atoms with E-state index in [1.54, 1.807) is 11.3 Å². The van der Waals surface area contributed by atoms with Crippen LogP contribution in [0, 0.1) is 13.8 Å². The van der Waals surface area contributed by atoms with E-state index in [2.05, 4.69) is 55.0 Å². The van der Waals surface area contributed by atoms with Gasteiger partial charge in [-0.05, 0) is 25.2 Å². The molecule has 1 nitrogen and oxygen atoms in total. The van der Waals surface area contributed by atoms with E-state index in [1.165, 1.54) is 21.7 Å². The van der Waals surface area contributed by atoms with Crippen LogP contribution < -0.4 is 0 Å². The van der Waals surface area contributed by atoms with Gasteiger partial charge in [0, 0.05) is 17.4 Å². The molecule has 3 heteroatoms. The van der Waals surface area contributed by atoms with Crippen molar-refractivity contribution in [2.45, 2.75) is 20.3 Å². The van der Waals surface area contributed by atoms with Gasteiger partial charge in [0.05, 0.1) is 10.7 Å². The highest BCUT2D eigenvalue weighted by molar-refractivity contribution is 7.80. The average molecular weight is 249 g/mol. The van der Waals surface area contributed by atoms with Crippen molar-refractivity contribution in [3.05, 3.63) is 39.7 Å². The normalized spacial score (nSPS) is 10.7. The van der Waals surface area contributed by atoms with Gasteiger partial charge in [0.15, 0.2) is 0 Å². The number of aryl methyl sites for hydroxylation is 3. The highest BCUT2D eigenvalue weighted by atomic mass is 32.1. The van der Waals surface area contributed by atoms with Gasteiger partial charge in [-0.3, -0.25) is 0 Å². The predicted molar refractivity (Wildman–Crippen MR) is 74.6 cm³/mol. The Morgan fingerprint density at radius 3 is 2.81 bits per heavy atom. The van der Waals surface area contributed by atoms with Crippen LogP contribution in [-0.2, 0) is 6.42 Å². The number of benzene rings is 1. The molecule has 84 valence electrons. The van der Waals surface area contributed by atoms with E-state index in [0.29, 0.717) is 0 Å². The highest BCUT2D eigenvalue weighted by Crippen LogP contribution is 2.26. The van der Waals surface area contributed by atoms with Gasteiger partial charge in [-0.1, -0.05) is 23.8 Å². The molecule has 0 aliphatic heterocycles. The Kier molecular flexibility index (Phi) is 3.66. The molecule has 0 spiro atoms. The predicted octanol–water partition coefficient (Wildman–Crippen LogP) is 3.90. The Morgan fingerprint density at radius 1 is 1.31 bits per heavy atom. The molecule has 0 radical (unpaired) electrons. The van der Waals surface area contributed by atoms with Gasteiger partial charge in [-0.15, -0.1) is 11.3 Å². The molecule has 0 aliphatic carbocycles. The minimum absolute atomic E-state index is 0.861. The minimum atomic E-state index is 0.861. The third kappa shape index (κ3) is 2.47. The van der Waals surface area contributed by atoms with Gasteiger partial charge in [-0.2, -0.15) is 12.6 Å². The molecule has 1 heterocycles. The lowest BCUT2D eigenvalue weighted by atomic mass is 10.0. The number of thiazole rings is 1. The lowest BCUT2D eigenvalue weighted by molar-refractivity contribution is 1.11. The van der Waals surface area contributed by atoms with E-state index in [1.807, 2.05) is 0 Å². The second kappa shape index (κ2) is 5.02. The first-order valence-corrected chi connectivity index (χ1v) is 6.85. The summed E-state index contributed by atoms with van der Waals surface area (Å²) in [5, 5.41) is 3.31. The third-order valence-electron chi connectivity index (χ3n) is 2.54. The smallest absolute Gasteiger partial charge is 0.0940 e. The molecule has 1 aromatic heterocycles. The number of hydrogen-bond donors (Lipinski definition) is 1. The maximum atomic E-state index is 4.63. The first kappa shape index (κ1) is 11.7. The first-order chi connectivity index (χ1) is 7.70. The van der Waals surface area contributed by atoms with Crippen LogP contribution in [0.5, 0.6) is 0 Å². The van der Waals surface area contributed by atoms with Crippen LogP contribution >= 0.6 is 24.0 Å². The van der Waals surface area contributed by atoms with Crippen molar-refractivity contribution < 1.29 is 0 Å². The Balaban J connectivity index is 2.35. The second-order valence-corrected chi connectivity index (χ2v) is 5.31. The van der Waals surface area contributed by atoms with Crippen LogP contribution in [-0.4, -0.2) is 10.7 Å². The van der Waals surface area contributed by atoms with Gasteiger partial charge >= 0.3 is 0 Å². The Hall–Kier alpha value is -0.800. The molecule has 2 rings (SSSR count). The Morgan fingerprint density at radius 2 is 2.12 bits per heavy atom. The first-order valence-electron chi connectivity index (χ1n) is 5.33. The molecule has 0 saturated heterocycles. The molecule has 0 atom stereocenters. The van der Waals surface area contributed by atoms with E-state index >= 15 is 0 Å². The summed E-state index contributed by atoms with van der Waals surface area (Å²) in [4.78, 5) is 4.63. The van der Waals surface area contributed by atoms with Crippen LogP contribution in [0.15, 0.2) is 23.6 Å². The summed E-state index contributed by atoms with van der Waals surface area (Å²) in [6.07, 6.45) is 0.957. The van der Waals surface area contributed by atoms with Gasteiger partial charge in [-0.25, -0.2) is 4.98 Å². The van der Waals surface area contributed by atoms with Gasteiger partial charge in [0.1, 0.15) is 0 Å². The van der Waals surface area contributed by atoms with Gasteiger partial charge in [0.2, 0.25) is 0 Å². The van der Waals surface area contributed by atoms with Gasteiger partial charge < -0.3 is 0 Å². The molecular formula is C13H15NS2. The van der Waals surface area contributed by atoms with Crippen LogP contribution in [0.1, 0.15) is 16.1 Å². The maximum absolute atomic E-state index is 4.63. The highest BCUT2D eigenvalue weighted by Gasteiger charge is 2.06. The fourth-order valence-corrected chi connectivity index (χ4v) is 2.91. The number of nitrogens with zero attached hydrogens (tertiary/aromatic N) is 1. The topological polar surface area (TPSA) is 12.9 Å². The van der Waals surface area contributed by atoms with E-state index in [-0.39, 0.29) is 0 Å². The lowest BCUT2D eigenvalue weighted by Gasteiger charge is -2.03. The molecule has 0 fully saturated rings. The van der Waals surface area contributed by atoms with Crippen molar-refractivity contribution >= 4 is 24.0 Å². The molecular weight excluding hydrogens is 234 g/mol. The molecule has 16 heavy (non-hydrogen) atoms. The molecule has 0 bridgehead atoms. The Labute approximate surface area is 106 Å². The molecule has 1 aromatic carbocycles. The zero-order chi connectivity index (χ0) is 11.5. The molecule has 0 unspecified atom stereocenters. The molecule has 0 N–H and O–H groups in total. The zero-order valence-corrected chi connectivity index (χ0v) is 11.2. The summed E-state index contributed by atoms with van der Waals surface area (Å²) in [7, 11) is 0. The second-order valence-electron chi connectivity index (χ2n) is 3.92. The molecule has 0 amide bonds. The summed E-state index contributed by atoms with van der Waals surface area (Å²) >= 11 is 5.95. The summed E-state index contributed by atoms with van der Waals surface area (Å²) in [5.41, 5.74) is 4.93. The monoisotopic (exact) mass is 249 g/mol. The Bertz CT molecular complexity index is 488. The van der Waals surface area contributed by atoms with Crippen molar-refractivity contribution in [3.63, 3.8) is 0 Å². The minimum Gasteiger partial charge on any atom is -0.241 e. The summed E-state index contributed by atoms with van der Waals surface area (Å²) < 4.78 is 0. The molecule has 0 saturated carbocycles. The van der Waals surface area contributed by atoms with Crippen molar-refractivity contribution in [2.24, 2.45) is 0 Å². The van der Waals surface area contributed by atoms with Crippen LogP contribution in [0.2, 0.25) is 0 Å². The SMILES string of the molecule is Cc1ccc(-c2csc(CCS)n2)c(C)c1. The third-order valence-corrected chi connectivity index (χ3v) is 3.67. The van der Waals surface area contributed by atoms with Crippen molar-refractivity contribution in [3.8, 4) is 11.3 Å². The quantitative estimate of drug-likeness (QED) is 0.814. The van der Waals surface area contributed by atoms with Crippen molar-refractivity contribution in [1.82, 2.24) is 4.98 Å². The zero-order valence-electron chi connectivity index (χ0n) is 9.53. The number of rotatable bonds is 3. The van der Waals surface area contributed by atoms with Crippen LogP contribution in [0.3, 0.4) is 0 Å². The number of aromatic nitrogens is 1. The summed E-state index contributed by atoms with van der Waals surface area (Å²) in [6, 6.07) is 6.50. The largest absolute Gasteiger partial charge is 0.241 e. The number of thiol groups is 1. The van der Waals surface area contributed by atoms with Gasteiger partial charge in [0.25, 0.3) is 0 Å². The van der Waals surface area contributed by atoms with Crippen molar-refractivity contribution in [1.29, 1.82) is 0 Å². The summed E-state index contributed by atoms with van der Waals surface area (Å²) in [6.45, 7) is 4.25. The van der Waals surface area contributed by atoms with Crippen LogP contribution in [0.25, 0.3) is 11.3 Å². The van der Waals surface area contributed by atoms with E-state index in [4.69, 9.17) is 0 Å². The molecule has 0 aliphatic rings. The summed E-state index contributed by atoms with van der Waals surface area (Å²) in [5.74, 6) is 0.861. The lowest BCUT2D eigenvalue weighted by Crippen LogP contribution is -1.87. The van der Waals surface area contributed by atoms with Crippen molar-refractivity contribution in [2.75, 3.05) is 5.75 Å². The fourth-order valence-electron chi connectivity index (χ4n) is 1.75. The van der Waals surface area contributed by atoms with Crippen LogP contribution in [0.4, 0.5) is 0 Å². The van der Waals surface area contributed by atoms with E-state index in [0.717, 1.165) is 17.9 Å². The van der Waals surface area contributed by atoms with E-state index < -0.39 is 0 Å². The standard InChI is InChI=1S/C13H15NS2/c1-9-3-4-11(10(2)7-9)12-8-16-13(14-12)5-6-15/h3-4,7-8,15H,5-6H2,1-2H3. The number of hydrogen-bond acceptors (Lipinski definition) is 3. The maximum Gasteiger partial charge on any atom is 0.0940 e. The average Bonchev–Trinajstić information content (AvgIpc) is 2.67. The fraction of sp³-hybridized carbons (Fsp3) is 0.308.